The minimum atomic E-state index is -0.956. The SMILES string of the molecule is O=C(CC(C(=O)O)N1CCNCC1)Nc1ccc(Br)cc1. The minimum absolute atomic E-state index is 0.0502. The van der Waals surface area contributed by atoms with Gasteiger partial charge in [0.25, 0.3) is 0 Å². The van der Waals surface area contributed by atoms with Crippen LogP contribution in [-0.2, 0) is 9.59 Å². The van der Waals surface area contributed by atoms with Gasteiger partial charge in [0.2, 0.25) is 5.91 Å². The zero-order valence-electron chi connectivity index (χ0n) is 11.5. The quantitative estimate of drug-likeness (QED) is 0.737. The van der Waals surface area contributed by atoms with Crippen LogP contribution < -0.4 is 10.6 Å². The number of nitrogens with one attached hydrogen (secondary N) is 2. The van der Waals surface area contributed by atoms with E-state index in [0.29, 0.717) is 18.8 Å². The monoisotopic (exact) mass is 355 g/mol. The summed E-state index contributed by atoms with van der Waals surface area (Å²) in [5.41, 5.74) is 0.660. The van der Waals surface area contributed by atoms with Crippen LogP contribution in [0.25, 0.3) is 0 Å². The van der Waals surface area contributed by atoms with E-state index in [1.807, 2.05) is 17.0 Å². The van der Waals surface area contributed by atoms with Crippen LogP contribution >= 0.6 is 15.9 Å². The molecule has 1 heterocycles. The van der Waals surface area contributed by atoms with Gasteiger partial charge >= 0.3 is 5.97 Å². The highest BCUT2D eigenvalue weighted by Gasteiger charge is 2.28. The molecule has 6 nitrogen and oxygen atoms in total. The Morgan fingerprint density at radius 3 is 2.48 bits per heavy atom. The maximum absolute atomic E-state index is 12.0. The second-order valence-corrected chi connectivity index (χ2v) is 5.81. The van der Waals surface area contributed by atoms with Crippen LogP contribution in [-0.4, -0.2) is 54.1 Å². The van der Waals surface area contributed by atoms with Gasteiger partial charge in [-0.25, -0.2) is 0 Å². The van der Waals surface area contributed by atoms with Crippen LogP contribution in [0.2, 0.25) is 0 Å². The smallest absolute Gasteiger partial charge is 0.321 e. The second-order valence-electron chi connectivity index (χ2n) is 4.90. The van der Waals surface area contributed by atoms with Gasteiger partial charge in [-0.1, -0.05) is 15.9 Å². The number of hydrogen-bond acceptors (Lipinski definition) is 4. The molecule has 1 aliphatic rings. The molecule has 3 N–H and O–H groups in total. The summed E-state index contributed by atoms with van der Waals surface area (Å²) in [6.45, 7) is 2.78. The summed E-state index contributed by atoms with van der Waals surface area (Å²) in [5, 5.41) is 15.2. The van der Waals surface area contributed by atoms with Gasteiger partial charge in [-0.3, -0.25) is 14.5 Å². The lowest BCUT2D eigenvalue weighted by Crippen LogP contribution is -2.52. The number of rotatable bonds is 5. The van der Waals surface area contributed by atoms with Gasteiger partial charge in [-0.15, -0.1) is 0 Å². The molecule has 21 heavy (non-hydrogen) atoms. The van der Waals surface area contributed by atoms with Crippen molar-refractivity contribution >= 4 is 33.5 Å². The number of aliphatic carboxylic acids is 1. The highest BCUT2D eigenvalue weighted by molar-refractivity contribution is 9.10. The number of carboxylic acid groups (broad SMARTS) is 1. The van der Waals surface area contributed by atoms with Crippen molar-refractivity contribution < 1.29 is 14.7 Å². The molecule has 1 fully saturated rings. The maximum Gasteiger partial charge on any atom is 0.321 e. The molecule has 0 saturated carbocycles. The predicted molar refractivity (Wildman–Crippen MR) is 83.3 cm³/mol. The lowest BCUT2D eigenvalue weighted by molar-refractivity contribution is -0.145. The summed E-state index contributed by atoms with van der Waals surface area (Å²) in [6.07, 6.45) is -0.0502. The fourth-order valence-corrected chi connectivity index (χ4v) is 2.55. The van der Waals surface area contributed by atoms with Crippen LogP contribution in [0, 0.1) is 0 Å². The second kappa shape index (κ2) is 7.53. The van der Waals surface area contributed by atoms with E-state index in [9.17, 15) is 14.7 Å². The largest absolute Gasteiger partial charge is 0.480 e. The molecule has 0 radical (unpaired) electrons. The highest BCUT2D eigenvalue weighted by atomic mass is 79.9. The molecule has 1 amide bonds. The van der Waals surface area contributed by atoms with Crippen molar-refractivity contribution in [2.45, 2.75) is 12.5 Å². The lowest BCUT2D eigenvalue weighted by atomic mass is 10.1. The Morgan fingerprint density at radius 2 is 1.90 bits per heavy atom. The van der Waals surface area contributed by atoms with E-state index < -0.39 is 12.0 Å². The van der Waals surface area contributed by atoms with Gasteiger partial charge in [-0.05, 0) is 24.3 Å². The zero-order valence-corrected chi connectivity index (χ0v) is 13.1. The molecule has 0 aromatic heterocycles. The van der Waals surface area contributed by atoms with Crippen molar-refractivity contribution in [1.82, 2.24) is 10.2 Å². The minimum Gasteiger partial charge on any atom is -0.480 e. The number of amides is 1. The van der Waals surface area contributed by atoms with E-state index in [2.05, 4.69) is 26.6 Å². The number of benzene rings is 1. The molecule has 0 aliphatic carbocycles. The van der Waals surface area contributed by atoms with E-state index >= 15 is 0 Å². The van der Waals surface area contributed by atoms with Crippen molar-refractivity contribution in [3.05, 3.63) is 28.7 Å². The van der Waals surface area contributed by atoms with Crippen molar-refractivity contribution in [2.24, 2.45) is 0 Å². The average molecular weight is 356 g/mol. The van der Waals surface area contributed by atoms with Crippen LogP contribution in [0.1, 0.15) is 6.42 Å². The Kier molecular flexibility index (Phi) is 5.72. The van der Waals surface area contributed by atoms with E-state index in [-0.39, 0.29) is 12.3 Å². The van der Waals surface area contributed by atoms with E-state index in [1.54, 1.807) is 12.1 Å². The number of nitrogens with zero attached hydrogens (tertiary/aromatic N) is 1. The molecule has 1 saturated heterocycles. The first-order valence-electron chi connectivity index (χ1n) is 6.79. The lowest BCUT2D eigenvalue weighted by Gasteiger charge is -2.32. The Labute approximate surface area is 131 Å². The molecule has 0 bridgehead atoms. The number of hydrogen-bond donors (Lipinski definition) is 3. The highest BCUT2D eigenvalue weighted by Crippen LogP contribution is 2.15. The summed E-state index contributed by atoms with van der Waals surface area (Å²) in [6, 6.07) is 6.40. The van der Waals surface area contributed by atoms with E-state index in [0.717, 1.165) is 17.6 Å². The van der Waals surface area contributed by atoms with Crippen LogP contribution in [0.15, 0.2) is 28.7 Å². The Balaban J connectivity index is 1.94. The fourth-order valence-electron chi connectivity index (χ4n) is 2.29. The summed E-state index contributed by atoms with van der Waals surface area (Å²) in [4.78, 5) is 25.2. The normalized spacial score (nSPS) is 17.2. The molecule has 1 aliphatic heterocycles. The summed E-state index contributed by atoms with van der Waals surface area (Å²) in [7, 11) is 0. The molecule has 1 aromatic carbocycles. The van der Waals surface area contributed by atoms with Crippen LogP contribution in [0.4, 0.5) is 5.69 Å². The van der Waals surface area contributed by atoms with Gasteiger partial charge in [-0.2, -0.15) is 0 Å². The van der Waals surface area contributed by atoms with Gasteiger partial charge in [0.05, 0.1) is 6.42 Å². The summed E-state index contributed by atoms with van der Waals surface area (Å²) in [5.74, 6) is -1.24. The standard InChI is InChI=1S/C14H18BrN3O3/c15-10-1-3-11(4-2-10)17-13(19)9-12(14(20)21)18-7-5-16-6-8-18/h1-4,12,16H,5-9H2,(H,17,19)(H,20,21). The Hall–Kier alpha value is -1.44. The molecule has 114 valence electrons. The number of carbonyl (C=O) groups excluding carboxylic acids is 1. The third kappa shape index (κ3) is 4.80. The van der Waals surface area contributed by atoms with Gasteiger partial charge in [0.15, 0.2) is 0 Å². The first-order chi connectivity index (χ1) is 10.1. The molecule has 1 atom stereocenters. The van der Waals surface area contributed by atoms with Crippen LogP contribution in [0.5, 0.6) is 0 Å². The Bertz CT molecular complexity index is 501. The number of anilines is 1. The van der Waals surface area contributed by atoms with E-state index in [1.165, 1.54) is 0 Å². The van der Waals surface area contributed by atoms with Gasteiger partial charge in [0.1, 0.15) is 6.04 Å². The topological polar surface area (TPSA) is 81.7 Å². The Morgan fingerprint density at radius 1 is 1.29 bits per heavy atom. The predicted octanol–water partition coefficient (Wildman–Crippen LogP) is 1.14. The van der Waals surface area contributed by atoms with Crippen molar-refractivity contribution in [3.63, 3.8) is 0 Å². The molecule has 1 aromatic rings. The van der Waals surface area contributed by atoms with Crippen molar-refractivity contribution in [1.29, 1.82) is 0 Å². The summed E-state index contributed by atoms with van der Waals surface area (Å²) >= 11 is 3.32. The van der Waals surface area contributed by atoms with Crippen molar-refractivity contribution in [3.8, 4) is 0 Å². The number of halogens is 1. The summed E-state index contributed by atoms with van der Waals surface area (Å²) < 4.78 is 0.921. The van der Waals surface area contributed by atoms with Crippen molar-refractivity contribution in [2.75, 3.05) is 31.5 Å². The first kappa shape index (κ1) is 15.9. The third-order valence-electron chi connectivity index (χ3n) is 3.38. The first-order valence-corrected chi connectivity index (χ1v) is 7.58. The average Bonchev–Trinajstić information content (AvgIpc) is 2.48. The molecular weight excluding hydrogens is 338 g/mol. The zero-order chi connectivity index (χ0) is 15.2. The number of carbonyl (C=O) groups is 2. The molecule has 7 heteroatoms. The molecule has 2 rings (SSSR count). The fraction of sp³-hybridized carbons (Fsp3) is 0.429. The number of carboxylic acids is 1. The molecule has 1 unspecified atom stereocenters. The number of piperazine rings is 1. The van der Waals surface area contributed by atoms with Gasteiger partial charge in [0, 0.05) is 36.3 Å². The maximum atomic E-state index is 12.0. The molecular formula is C14H18BrN3O3. The van der Waals surface area contributed by atoms with E-state index in [4.69, 9.17) is 0 Å². The molecule has 0 spiro atoms. The third-order valence-corrected chi connectivity index (χ3v) is 3.91. The van der Waals surface area contributed by atoms with Crippen LogP contribution in [0.3, 0.4) is 0 Å². The van der Waals surface area contributed by atoms with Gasteiger partial charge < -0.3 is 15.7 Å².